The number of phenols is 1. The van der Waals surface area contributed by atoms with Crippen LogP contribution in [0.25, 0.3) is 11.3 Å². The SMILES string of the molecule is Cc1[nH]c(=O)[nH]c1-c1ccccc1O. The van der Waals surface area contributed by atoms with Crippen LogP contribution in [-0.4, -0.2) is 15.1 Å². The fraction of sp³-hybridized carbons (Fsp3) is 0.100. The number of benzene rings is 1. The summed E-state index contributed by atoms with van der Waals surface area (Å²) in [6, 6.07) is 6.88. The Bertz CT molecular complexity index is 511. The molecule has 0 radical (unpaired) electrons. The van der Waals surface area contributed by atoms with Crippen LogP contribution < -0.4 is 5.69 Å². The molecule has 0 atom stereocenters. The maximum Gasteiger partial charge on any atom is 0.323 e. The molecule has 2 rings (SSSR count). The van der Waals surface area contributed by atoms with Gasteiger partial charge in [-0.3, -0.25) is 0 Å². The van der Waals surface area contributed by atoms with Crippen LogP contribution in [0.5, 0.6) is 5.75 Å². The van der Waals surface area contributed by atoms with E-state index in [1.807, 2.05) is 0 Å². The van der Waals surface area contributed by atoms with Gasteiger partial charge in [0.05, 0.1) is 5.69 Å². The predicted molar refractivity (Wildman–Crippen MR) is 53.3 cm³/mol. The first-order valence-corrected chi connectivity index (χ1v) is 4.26. The van der Waals surface area contributed by atoms with Crippen LogP contribution in [0.3, 0.4) is 0 Å². The van der Waals surface area contributed by atoms with Gasteiger partial charge in [-0.25, -0.2) is 4.79 Å². The Morgan fingerprint density at radius 2 is 1.93 bits per heavy atom. The number of aromatic hydroxyl groups is 1. The number of imidazole rings is 1. The van der Waals surface area contributed by atoms with E-state index in [9.17, 15) is 9.90 Å². The predicted octanol–water partition coefficient (Wildman–Crippen LogP) is 1.38. The Labute approximate surface area is 80.2 Å². The van der Waals surface area contributed by atoms with Crippen LogP contribution in [0.15, 0.2) is 29.1 Å². The van der Waals surface area contributed by atoms with Crippen molar-refractivity contribution in [2.75, 3.05) is 0 Å². The molecule has 0 saturated carbocycles. The van der Waals surface area contributed by atoms with Crippen molar-refractivity contribution < 1.29 is 5.11 Å². The van der Waals surface area contributed by atoms with Crippen LogP contribution in [0, 0.1) is 6.92 Å². The topological polar surface area (TPSA) is 68.9 Å². The van der Waals surface area contributed by atoms with Crippen molar-refractivity contribution in [1.82, 2.24) is 9.97 Å². The fourth-order valence-electron chi connectivity index (χ4n) is 1.43. The molecular weight excluding hydrogens is 180 g/mol. The first kappa shape index (κ1) is 8.62. The van der Waals surface area contributed by atoms with Crippen molar-refractivity contribution in [3.8, 4) is 17.0 Å². The molecule has 0 saturated heterocycles. The van der Waals surface area contributed by atoms with E-state index in [1.165, 1.54) is 0 Å². The molecule has 2 aromatic rings. The number of aromatic amines is 2. The summed E-state index contributed by atoms with van der Waals surface area (Å²) in [6.45, 7) is 1.78. The molecule has 3 N–H and O–H groups in total. The molecule has 0 aliphatic carbocycles. The van der Waals surface area contributed by atoms with Gasteiger partial charge in [-0.1, -0.05) is 12.1 Å². The minimum absolute atomic E-state index is 0.158. The second kappa shape index (κ2) is 3.06. The summed E-state index contributed by atoms with van der Waals surface area (Å²) < 4.78 is 0. The lowest BCUT2D eigenvalue weighted by Gasteiger charge is -2.01. The summed E-state index contributed by atoms with van der Waals surface area (Å²) in [5.41, 5.74) is 1.72. The summed E-state index contributed by atoms with van der Waals surface area (Å²) in [5, 5.41) is 9.56. The number of hydrogen-bond acceptors (Lipinski definition) is 2. The van der Waals surface area contributed by atoms with Gasteiger partial charge in [0.1, 0.15) is 5.75 Å². The molecule has 0 bridgehead atoms. The second-order valence-corrected chi connectivity index (χ2v) is 3.10. The van der Waals surface area contributed by atoms with E-state index in [0.29, 0.717) is 11.3 Å². The third-order valence-electron chi connectivity index (χ3n) is 2.09. The monoisotopic (exact) mass is 190 g/mol. The maximum atomic E-state index is 11.0. The van der Waals surface area contributed by atoms with E-state index in [0.717, 1.165) is 5.69 Å². The van der Waals surface area contributed by atoms with Crippen molar-refractivity contribution in [3.05, 3.63) is 40.4 Å². The molecule has 0 spiro atoms. The summed E-state index contributed by atoms with van der Waals surface area (Å²) in [7, 11) is 0. The zero-order valence-electron chi connectivity index (χ0n) is 7.66. The highest BCUT2D eigenvalue weighted by Gasteiger charge is 2.08. The quantitative estimate of drug-likeness (QED) is 0.635. The highest BCUT2D eigenvalue weighted by molar-refractivity contribution is 5.68. The minimum atomic E-state index is -0.263. The normalized spacial score (nSPS) is 10.4. The molecular formula is C10H10N2O2. The molecule has 0 fully saturated rings. The number of rotatable bonds is 1. The van der Waals surface area contributed by atoms with E-state index in [1.54, 1.807) is 31.2 Å². The largest absolute Gasteiger partial charge is 0.507 e. The molecule has 1 aromatic carbocycles. The van der Waals surface area contributed by atoms with Crippen molar-refractivity contribution in [2.45, 2.75) is 6.92 Å². The van der Waals surface area contributed by atoms with Crippen LogP contribution in [0.4, 0.5) is 0 Å². The van der Waals surface area contributed by atoms with Gasteiger partial charge in [-0.05, 0) is 19.1 Å². The van der Waals surface area contributed by atoms with E-state index in [2.05, 4.69) is 9.97 Å². The number of nitrogens with one attached hydrogen (secondary N) is 2. The van der Waals surface area contributed by atoms with E-state index < -0.39 is 0 Å². The average molecular weight is 190 g/mol. The molecule has 1 heterocycles. The lowest BCUT2D eigenvalue weighted by Crippen LogP contribution is -2.00. The first-order chi connectivity index (χ1) is 6.68. The van der Waals surface area contributed by atoms with Gasteiger partial charge in [0.25, 0.3) is 0 Å². The maximum absolute atomic E-state index is 11.0. The Morgan fingerprint density at radius 1 is 1.21 bits per heavy atom. The number of aryl methyl sites for hydroxylation is 1. The van der Waals surface area contributed by atoms with Crippen molar-refractivity contribution >= 4 is 0 Å². The van der Waals surface area contributed by atoms with Gasteiger partial charge >= 0.3 is 5.69 Å². The lowest BCUT2D eigenvalue weighted by molar-refractivity contribution is 0.477. The fourth-order valence-corrected chi connectivity index (χ4v) is 1.43. The number of para-hydroxylation sites is 1. The summed E-state index contributed by atoms with van der Waals surface area (Å²) in [4.78, 5) is 16.2. The second-order valence-electron chi connectivity index (χ2n) is 3.10. The van der Waals surface area contributed by atoms with Gasteiger partial charge in [0.2, 0.25) is 0 Å². The third-order valence-corrected chi connectivity index (χ3v) is 2.09. The van der Waals surface area contributed by atoms with Crippen molar-refractivity contribution in [1.29, 1.82) is 0 Å². The Balaban J connectivity index is 2.66. The molecule has 0 aliphatic rings. The molecule has 72 valence electrons. The summed E-state index contributed by atoms with van der Waals surface area (Å²) in [5.74, 6) is 0.158. The molecule has 0 amide bonds. The van der Waals surface area contributed by atoms with Crippen molar-refractivity contribution in [3.63, 3.8) is 0 Å². The smallest absolute Gasteiger partial charge is 0.323 e. The van der Waals surface area contributed by atoms with E-state index in [4.69, 9.17) is 0 Å². The standard InChI is InChI=1S/C10H10N2O2/c1-6-9(12-10(14)11-6)7-4-2-3-5-8(7)13/h2-5,13H,1H3,(H2,11,12,14). The average Bonchev–Trinajstić information content (AvgIpc) is 2.46. The van der Waals surface area contributed by atoms with Crippen LogP contribution in [0.1, 0.15) is 5.69 Å². The number of hydrogen-bond donors (Lipinski definition) is 3. The Morgan fingerprint density at radius 3 is 2.50 bits per heavy atom. The van der Waals surface area contributed by atoms with Gasteiger partial charge in [0, 0.05) is 11.3 Å². The highest BCUT2D eigenvalue weighted by Crippen LogP contribution is 2.27. The van der Waals surface area contributed by atoms with Crippen LogP contribution in [0.2, 0.25) is 0 Å². The van der Waals surface area contributed by atoms with Crippen LogP contribution >= 0.6 is 0 Å². The Hall–Kier alpha value is -1.97. The van der Waals surface area contributed by atoms with Gasteiger partial charge in [-0.2, -0.15) is 0 Å². The number of H-pyrrole nitrogens is 2. The van der Waals surface area contributed by atoms with Gasteiger partial charge < -0.3 is 15.1 Å². The first-order valence-electron chi connectivity index (χ1n) is 4.26. The summed E-state index contributed by atoms with van der Waals surface area (Å²) >= 11 is 0. The Kier molecular flexibility index (Phi) is 1.89. The summed E-state index contributed by atoms with van der Waals surface area (Å²) in [6.07, 6.45) is 0. The molecule has 0 aliphatic heterocycles. The zero-order valence-corrected chi connectivity index (χ0v) is 7.66. The van der Waals surface area contributed by atoms with Crippen LogP contribution in [-0.2, 0) is 0 Å². The highest BCUT2D eigenvalue weighted by atomic mass is 16.3. The molecule has 4 heteroatoms. The van der Waals surface area contributed by atoms with Crippen molar-refractivity contribution in [2.24, 2.45) is 0 Å². The molecule has 4 nitrogen and oxygen atoms in total. The van der Waals surface area contributed by atoms with E-state index in [-0.39, 0.29) is 11.4 Å². The van der Waals surface area contributed by atoms with Gasteiger partial charge in [0.15, 0.2) is 0 Å². The molecule has 14 heavy (non-hydrogen) atoms. The van der Waals surface area contributed by atoms with Gasteiger partial charge in [-0.15, -0.1) is 0 Å². The minimum Gasteiger partial charge on any atom is -0.507 e. The number of aromatic nitrogens is 2. The third kappa shape index (κ3) is 1.31. The molecule has 0 unspecified atom stereocenters. The van der Waals surface area contributed by atoms with E-state index >= 15 is 0 Å². The number of phenolic OH excluding ortho intramolecular Hbond substituents is 1. The lowest BCUT2D eigenvalue weighted by atomic mass is 10.1. The zero-order chi connectivity index (χ0) is 10.1. The molecule has 1 aromatic heterocycles.